The summed E-state index contributed by atoms with van der Waals surface area (Å²) in [6.07, 6.45) is 0.914. The lowest BCUT2D eigenvalue weighted by Gasteiger charge is -2.33. The van der Waals surface area contributed by atoms with Crippen molar-refractivity contribution in [2.75, 3.05) is 11.9 Å². The van der Waals surface area contributed by atoms with Gasteiger partial charge >= 0.3 is 7.60 Å². The summed E-state index contributed by atoms with van der Waals surface area (Å²) in [5.41, 5.74) is 6.47. The third kappa shape index (κ3) is 3.92. The average molecular weight is 314 g/mol. The molecular formula is C14H23N2O4P. The summed E-state index contributed by atoms with van der Waals surface area (Å²) in [6, 6.07) is 6.62. The Hall–Kier alpha value is -1.20. The van der Waals surface area contributed by atoms with Crippen LogP contribution in [0.4, 0.5) is 5.69 Å². The predicted octanol–water partition coefficient (Wildman–Crippen LogP) is 2.17. The molecular weight excluding hydrogens is 291 g/mol. The second-order valence-corrected chi connectivity index (χ2v) is 6.89. The van der Waals surface area contributed by atoms with E-state index in [2.05, 4.69) is 5.32 Å². The molecule has 0 aliphatic heterocycles. The number of nitrogens with one attached hydrogen (secondary N) is 1. The summed E-state index contributed by atoms with van der Waals surface area (Å²) in [5.74, 6) is -0.183. The lowest BCUT2D eigenvalue weighted by Crippen LogP contribution is -2.24. The molecule has 6 nitrogen and oxygen atoms in total. The van der Waals surface area contributed by atoms with Gasteiger partial charge in [0.05, 0.1) is 5.16 Å². The van der Waals surface area contributed by atoms with Gasteiger partial charge in [-0.25, -0.2) is 0 Å². The van der Waals surface area contributed by atoms with E-state index in [0.717, 1.165) is 0 Å². The third-order valence-corrected chi connectivity index (χ3v) is 5.81. The van der Waals surface area contributed by atoms with E-state index in [-0.39, 0.29) is 18.9 Å². The van der Waals surface area contributed by atoms with Crippen molar-refractivity contribution in [3.05, 3.63) is 29.8 Å². The molecule has 0 saturated heterocycles. The van der Waals surface area contributed by atoms with E-state index in [1.807, 2.05) is 0 Å². The Balaban J connectivity index is 3.05. The highest BCUT2D eigenvalue weighted by Crippen LogP contribution is 2.60. The van der Waals surface area contributed by atoms with Gasteiger partial charge in [-0.1, -0.05) is 26.0 Å². The van der Waals surface area contributed by atoms with E-state index < -0.39 is 12.8 Å². The number of carbonyl (C=O) groups excluding carboxylic acids is 1. The Bertz CT molecular complexity index is 520. The van der Waals surface area contributed by atoms with Crippen LogP contribution in [0.5, 0.6) is 0 Å². The van der Waals surface area contributed by atoms with Gasteiger partial charge in [-0.15, -0.1) is 0 Å². The molecule has 1 aromatic rings. The molecule has 0 atom stereocenters. The van der Waals surface area contributed by atoms with Crippen LogP contribution in [0.3, 0.4) is 0 Å². The zero-order chi connectivity index (χ0) is 16.1. The topological polar surface area (TPSA) is 113 Å². The summed E-state index contributed by atoms with van der Waals surface area (Å²) in [6.45, 7) is 3.80. The van der Waals surface area contributed by atoms with Crippen molar-refractivity contribution in [2.45, 2.75) is 38.3 Å². The van der Waals surface area contributed by atoms with Crippen LogP contribution in [-0.2, 0) is 14.5 Å². The normalized spacial score (nSPS) is 12.2. The van der Waals surface area contributed by atoms with Gasteiger partial charge < -0.3 is 20.8 Å². The Morgan fingerprint density at radius 2 is 1.76 bits per heavy atom. The first-order valence-electron chi connectivity index (χ1n) is 6.96. The monoisotopic (exact) mass is 314 g/mol. The number of hydrogen-bond acceptors (Lipinski definition) is 3. The number of nitrogens with two attached hydrogens (primary N) is 1. The second kappa shape index (κ2) is 7.18. The minimum atomic E-state index is -4.29. The number of hydrogen-bond donors (Lipinski definition) is 4. The highest BCUT2D eigenvalue weighted by molar-refractivity contribution is 7.53. The largest absolute Gasteiger partial charge is 0.335 e. The minimum absolute atomic E-state index is 0.183. The molecule has 0 aromatic heterocycles. The maximum Gasteiger partial charge on any atom is 0.335 e. The summed E-state index contributed by atoms with van der Waals surface area (Å²) in [7, 11) is -4.29. The molecule has 0 aliphatic carbocycles. The van der Waals surface area contributed by atoms with E-state index in [1.165, 1.54) is 0 Å². The summed E-state index contributed by atoms with van der Waals surface area (Å²) >= 11 is 0. The van der Waals surface area contributed by atoms with Gasteiger partial charge in [0.15, 0.2) is 0 Å². The molecule has 1 aromatic carbocycles. The van der Waals surface area contributed by atoms with Crippen molar-refractivity contribution < 1.29 is 19.1 Å². The molecule has 5 N–H and O–H groups in total. The van der Waals surface area contributed by atoms with Gasteiger partial charge in [0.25, 0.3) is 0 Å². The smallest absolute Gasteiger partial charge is 0.330 e. The van der Waals surface area contributed by atoms with Gasteiger partial charge in [0, 0.05) is 18.7 Å². The van der Waals surface area contributed by atoms with Crippen LogP contribution in [0.15, 0.2) is 24.3 Å². The highest BCUT2D eigenvalue weighted by atomic mass is 31.2. The fourth-order valence-electron chi connectivity index (χ4n) is 2.46. The molecule has 1 rings (SSSR count). The number of rotatable bonds is 7. The van der Waals surface area contributed by atoms with Crippen LogP contribution in [0.2, 0.25) is 0 Å². The molecule has 118 valence electrons. The van der Waals surface area contributed by atoms with E-state index in [4.69, 9.17) is 5.73 Å². The molecule has 0 bridgehead atoms. The molecule has 0 heterocycles. The van der Waals surface area contributed by atoms with Gasteiger partial charge in [-0.3, -0.25) is 9.36 Å². The zero-order valence-electron chi connectivity index (χ0n) is 12.4. The molecule has 0 fully saturated rings. The average Bonchev–Trinajstić information content (AvgIpc) is 2.41. The van der Waals surface area contributed by atoms with Crippen LogP contribution in [-0.4, -0.2) is 22.2 Å². The van der Waals surface area contributed by atoms with Gasteiger partial charge in [0.2, 0.25) is 5.91 Å². The summed E-state index contributed by atoms with van der Waals surface area (Å²) in [4.78, 5) is 30.8. The van der Waals surface area contributed by atoms with E-state index >= 15 is 0 Å². The quantitative estimate of drug-likeness (QED) is 0.576. The summed E-state index contributed by atoms with van der Waals surface area (Å²) < 4.78 is 11.9. The predicted molar refractivity (Wildman–Crippen MR) is 83.0 cm³/mol. The first-order chi connectivity index (χ1) is 9.80. The first-order valence-corrected chi connectivity index (χ1v) is 8.58. The number of anilines is 1. The van der Waals surface area contributed by atoms with Crippen molar-refractivity contribution in [3.8, 4) is 0 Å². The van der Waals surface area contributed by atoms with Gasteiger partial charge in [-0.2, -0.15) is 0 Å². The Morgan fingerprint density at radius 1 is 1.24 bits per heavy atom. The molecule has 0 radical (unpaired) electrons. The summed E-state index contributed by atoms with van der Waals surface area (Å²) in [5, 5.41) is 1.51. The maximum atomic E-state index is 11.9. The van der Waals surface area contributed by atoms with E-state index in [0.29, 0.717) is 24.1 Å². The molecule has 0 spiro atoms. The molecule has 7 heteroatoms. The van der Waals surface area contributed by atoms with Gasteiger partial charge in [0.1, 0.15) is 0 Å². The third-order valence-electron chi connectivity index (χ3n) is 3.80. The SMILES string of the molecule is CCC(CC)(c1ccc(NC(=O)CCN)cc1)P(=O)(O)O. The standard InChI is InChI=1S/C14H23N2O4P/c1-3-14(4-2,21(18,19)20)11-5-7-12(8-6-11)16-13(17)9-10-15/h5-8H,3-4,9-10,15H2,1-2H3,(H,16,17)(H2,18,19,20). The van der Waals surface area contributed by atoms with Crippen LogP contribution < -0.4 is 11.1 Å². The molecule has 0 unspecified atom stereocenters. The van der Waals surface area contributed by atoms with Crippen LogP contribution in [0.1, 0.15) is 38.7 Å². The molecule has 1 amide bonds. The fourth-order valence-corrected chi connectivity index (χ4v) is 3.77. The van der Waals surface area contributed by atoms with Crippen LogP contribution >= 0.6 is 7.60 Å². The van der Waals surface area contributed by atoms with E-state index in [9.17, 15) is 19.1 Å². The fraction of sp³-hybridized carbons (Fsp3) is 0.500. The van der Waals surface area contributed by atoms with Crippen LogP contribution in [0, 0.1) is 0 Å². The molecule has 0 saturated carbocycles. The minimum Gasteiger partial charge on any atom is -0.330 e. The highest BCUT2D eigenvalue weighted by Gasteiger charge is 2.45. The van der Waals surface area contributed by atoms with E-state index in [1.54, 1.807) is 38.1 Å². The number of carbonyl (C=O) groups is 1. The Morgan fingerprint density at radius 3 is 2.14 bits per heavy atom. The van der Waals surface area contributed by atoms with Crippen molar-refractivity contribution in [1.82, 2.24) is 0 Å². The Kier molecular flexibility index (Phi) is 6.10. The molecule has 21 heavy (non-hydrogen) atoms. The van der Waals surface area contributed by atoms with Crippen LogP contribution in [0.25, 0.3) is 0 Å². The number of benzene rings is 1. The van der Waals surface area contributed by atoms with Crippen molar-refractivity contribution in [1.29, 1.82) is 0 Å². The number of amides is 1. The lowest BCUT2D eigenvalue weighted by molar-refractivity contribution is -0.116. The first kappa shape index (κ1) is 17.9. The van der Waals surface area contributed by atoms with Crippen molar-refractivity contribution in [2.24, 2.45) is 5.73 Å². The maximum absolute atomic E-state index is 11.9. The van der Waals surface area contributed by atoms with Crippen molar-refractivity contribution >= 4 is 19.2 Å². The van der Waals surface area contributed by atoms with Crippen molar-refractivity contribution in [3.63, 3.8) is 0 Å². The van der Waals surface area contributed by atoms with Gasteiger partial charge in [-0.05, 0) is 30.5 Å². The second-order valence-electron chi connectivity index (χ2n) is 4.95. The zero-order valence-corrected chi connectivity index (χ0v) is 13.3. The Labute approximate surface area is 124 Å². The lowest BCUT2D eigenvalue weighted by atomic mass is 9.92. The molecule has 0 aliphatic rings.